The lowest BCUT2D eigenvalue weighted by molar-refractivity contribution is -0.143. The Hall–Kier alpha value is -2.63. The highest BCUT2D eigenvalue weighted by atomic mass is 32.1. The molecule has 0 radical (unpaired) electrons. The van der Waals surface area contributed by atoms with Crippen molar-refractivity contribution in [2.45, 2.75) is 12.4 Å². The van der Waals surface area contributed by atoms with Gasteiger partial charge in [0.25, 0.3) is 5.91 Å². The van der Waals surface area contributed by atoms with Gasteiger partial charge >= 0.3 is 12.4 Å². The molecule has 0 aliphatic rings. The molecule has 5 nitrogen and oxygen atoms in total. The molecule has 0 aliphatic carbocycles. The molecule has 2 rings (SSSR count). The molecule has 2 aromatic rings. The van der Waals surface area contributed by atoms with Crippen LogP contribution in [0.25, 0.3) is 0 Å². The summed E-state index contributed by atoms with van der Waals surface area (Å²) < 4.78 is 76.5. The molecule has 0 atom stereocenters. The maximum absolute atomic E-state index is 12.8. The summed E-state index contributed by atoms with van der Waals surface area (Å²) >= 11 is 1.09. The van der Waals surface area contributed by atoms with E-state index in [-0.39, 0.29) is 23.3 Å². The fraction of sp³-hybridized carbons (Fsp3) is 0.214. The van der Waals surface area contributed by atoms with Gasteiger partial charge in [0.1, 0.15) is 0 Å². The van der Waals surface area contributed by atoms with E-state index in [1.807, 2.05) is 5.32 Å². The second-order valence-electron chi connectivity index (χ2n) is 4.86. The van der Waals surface area contributed by atoms with Gasteiger partial charge < -0.3 is 10.6 Å². The predicted octanol–water partition coefficient (Wildman–Crippen LogP) is 3.55. The summed E-state index contributed by atoms with van der Waals surface area (Å²) in [6.45, 7) is -0.657. The van der Waals surface area contributed by atoms with E-state index in [1.54, 1.807) is 5.38 Å². The molecule has 0 aliphatic heterocycles. The fourth-order valence-electron chi connectivity index (χ4n) is 1.80. The van der Waals surface area contributed by atoms with Crippen molar-refractivity contribution in [3.63, 3.8) is 0 Å². The summed E-state index contributed by atoms with van der Waals surface area (Å²) in [4.78, 5) is 27.2. The zero-order valence-electron chi connectivity index (χ0n) is 12.5. The van der Waals surface area contributed by atoms with E-state index >= 15 is 0 Å². The number of hydrogen-bond acceptors (Lipinski definition) is 4. The topological polar surface area (TPSA) is 71.1 Å². The van der Waals surface area contributed by atoms with E-state index in [0.29, 0.717) is 0 Å². The van der Waals surface area contributed by atoms with Crippen LogP contribution in [0.1, 0.15) is 21.5 Å². The van der Waals surface area contributed by atoms with Crippen LogP contribution in [-0.2, 0) is 17.1 Å². The van der Waals surface area contributed by atoms with E-state index in [2.05, 4.69) is 10.3 Å². The molecule has 0 fully saturated rings. The average molecular weight is 397 g/mol. The van der Waals surface area contributed by atoms with Gasteiger partial charge in [0.2, 0.25) is 5.91 Å². The standard InChI is InChI=1S/C14H9F6N3O2S/c15-13(16,17)8-3-7(4-9(5-8)14(18,19)20)11(25)22-6-10(24)23-12-21-1-2-26-12/h1-5H,6H2,(H,22,25)(H,21,23,24). The maximum Gasteiger partial charge on any atom is 0.416 e. The molecule has 1 aromatic heterocycles. The number of rotatable bonds is 4. The second-order valence-corrected chi connectivity index (χ2v) is 5.76. The Morgan fingerprint density at radius 1 is 1.00 bits per heavy atom. The first kappa shape index (κ1) is 19.7. The van der Waals surface area contributed by atoms with Crippen LogP contribution >= 0.6 is 11.3 Å². The summed E-state index contributed by atoms with van der Waals surface area (Å²) in [6, 6.07) is 0.471. The van der Waals surface area contributed by atoms with Gasteiger partial charge in [-0.05, 0) is 18.2 Å². The van der Waals surface area contributed by atoms with Crippen LogP contribution in [0.15, 0.2) is 29.8 Å². The lowest BCUT2D eigenvalue weighted by Crippen LogP contribution is -2.33. The number of nitrogens with zero attached hydrogens (tertiary/aromatic N) is 1. The SMILES string of the molecule is O=C(CNC(=O)c1cc(C(F)(F)F)cc(C(F)(F)F)c1)Nc1nccs1. The molecule has 12 heteroatoms. The lowest BCUT2D eigenvalue weighted by atomic mass is 10.0. The van der Waals surface area contributed by atoms with Gasteiger partial charge in [-0.15, -0.1) is 11.3 Å². The van der Waals surface area contributed by atoms with Gasteiger partial charge in [0, 0.05) is 17.1 Å². The Bertz CT molecular complexity index is 770. The van der Waals surface area contributed by atoms with E-state index in [1.165, 1.54) is 6.20 Å². The van der Waals surface area contributed by atoms with Gasteiger partial charge in [0.15, 0.2) is 5.13 Å². The number of anilines is 1. The molecular formula is C14H9F6N3O2S. The third-order valence-corrected chi connectivity index (χ3v) is 3.63. The molecule has 0 unspecified atom stereocenters. The summed E-state index contributed by atoms with van der Waals surface area (Å²) in [5, 5.41) is 6.04. The van der Waals surface area contributed by atoms with E-state index in [9.17, 15) is 35.9 Å². The monoisotopic (exact) mass is 397 g/mol. The lowest BCUT2D eigenvalue weighted by Gasteiger charge is -2.14. The first-order valence-corrected chi connectivity index (χ1v) is 7.62. The molecular weight excluding hydrogens is 388 g/mol. The van der Waals surface area contributed by atoms with Crippen molar-refractivity contribution in [3.05, 3.63) is 46.5 Å². The number of nitrogens with one attached hydrogen (secondary N) is 2. The smallest absolute Gasteiger partial charge is 0.343 e. The molecule has 1 aromatic carbocycles. The van der Waals surface area contributed by atoms with Crippen LogP contribution in [0, 0.1) is 0 Å². The fourth-order valence-corrected chi connectivity index (χ4v) is 2.34. The number of thiazole rings is 1. The third kappa shape index (κ3) is 5.18. The van der Waals surface area contributed by atoms with Crippen molar-refractivity contribution in [1.82, 2.24) is 10.3 Å². The van der Waals surface area contributed by atoms with Gasteiger partial charge in [-0.2, -0.15) is 26.3 Å². The Balaban J connectivity index is 2.15. The highest BCUT2D eigenvalue weighted by molar-refractivity contribution is 7.13. The molecule has 2 N–H and O–H groups in total. The number of alkyl halides is 6. The molecule has 0 spiro atoms. The van der Waals surface area contributed by atoms with Gasteiger partial charge in [-0.25, -0.2) is 4.98 Å². The molecule has 140 valence electrons. The summed E-state index contributed by atoms with van der Waals surface area (Å²) in [6.07, 6.45) is -8.74. The van der Waals surface area contributed by atoms with Crippen molar-refractivity contribution in [3.8, 4) is 0 Å². The van der Waals surface area contributed by atoms with E-state index < -0.39 is 47.4 Å². The van der Waals surface area contributed by atoms with Crippen LogP contribution < -0.4 is 10.6 Å². The van der Waals surface area contributed by atoms with Crippen molar-refractivity contribution in [2.75, 3.05) is 11.9 Å². The first-order chi connectivity index (χ1) is 12.0. The Kier molecular flexibility index (Phi) is 5.54. The summed E-state index contributed by atoms with van der Waals surface area (Å²) in [5.41, 5.74) is -4.11. The molecule has 1 heterocycles. The number of carbonyl (C=O) groups excluding carboxylic acids is 2. The van der Waals surface area contributed by atoms with E-state index in [4.69, 9.17) is 0 Å². The molecule has 26 heavy (non-hydrogen) atoms. The van der Waals surface area contributed by atoms with Crippen molar-refractivity contribution < 1.29 is 35.9 Å². The van der Waals surface area contributed by atoms with Gasteiger partial charge in [0.05, 0.1) is 17.7 Å². The van der Waals surface area contributed by atoms with Crippen LogP contribution in [0.3, 0.4) is 0 Å². The van der Waals surface area contributed by atoms with E-state index in [0.717, 1.165) is 11.3 Å². The van der Waals surface area contributed by atoms with Gasteiger partial charge in [-0.3, -0.25) is 9.59 Å². The van der Waals surface area contributed by atoms with Crippen molar-refractivity contribution in [1.29, 1.82) is 0 Å². The predicted molar refractivity (Wildman–Crippen MR) is 79.5 cm³/mol. The quantitative estimate of drug-likeness (QED) is 0.776. The number of aromatic nitrogens is 1. The molecule has 0 bridgehead atoms. The average Bonchev–Trinajstić information content (AvgIpc) is 3.03. The Morgan fingerprint density at radius 2 is 1.58 bits per heavy atom. The Labute approximate surface area is 146 Å². The normalized spacial score (nSPS) is 11.9. The number of carbonyl (C=O) groups is 2. The third-order valence-electron chi connectivity index (χ3n) is 2.94. The minimum Gasteiger partial charge on any atom is -0.343 e. The minimum absolute atomic E-state index is 0.0913. The number of amides is 2. The second kappa shape index (κ2) is 7.32. The highest BCUT2D eigenvalue weighted by Gasteiger charge is 2.37. The minimum atomic E-state index is -5.07. The Morgan fingerprint density at radius 3 is 2.04 bits per heavy atom. The van der Waals surface area contributed by atoms with Crippen LogP contribution in [0.5, 0.6) is 0 Å². The molecule has 2 amide bonds. The first-order valence-electron chi connectivity index (χ1n) is 6.74. The molecule has 0 saturated carbocycles. The van der Waals surface area contributed by atoms with Crippen molar-refractivity contribution in [2.24, 2.45) is 0 Å². The number of hydrogen-bond donors (Lipinski definition) is 2. The number of benzene rings is 1. The van der Waals surface area contributed by atoms with Crippen molar-refractivity contribution >= 4 is 28.3 Å². The molecule has 0 saturated heterocycles. The number of halogens is 6. The van der Waals surface area contributed by atoms with Crippen LogP contribution in [0.4, 0.5) is 31.5 Å². The summed E-state index contributed by atoms with van der Waals surface area (Å²) in [5.74, 6) is -1.99. The maximum atomic E-state index is 12.8. The zero-order valence-corrected chi connectivity index (χ0v) is 13.4. The van der Waals surface area contributed by atoms with Gasteiger partial charge in [-0.1, -0.05) is 0 Å². The summed E-state index contributed by atoms with van der Waals surface area (Å²) in [7, 11) is 0. The van der Waals surface area contributed by atoms with Crippen LogP contribution in [0.2, 0.25) is 0 Å². The largest absolute Gasteiger partial charge is 0.416 e. The van der Waals surface area contributed by atoms with Crippen LogP contribution in [-0.4, -0.2) is 23.3 Å². The highest BCUT2D eigenvalue weighted by Crippen LogP contribution is 2.36. The zero-order chi connectivity index (χ0) is 19.5.